The van der Waals surface area contributed by atoms with E-state index >= 15 is 0 Å². The van der Waals surface area contributed by atoms with E-state index in [2.05, 4.69) is 27.0 Å². The van der Waals surface area contributed by atoms with Gasteiger partial charge in [-0.25, -0.2) is 0 Å². The van der Waals surface area contributed by atoms with Crippen molar-refractivity contribution in [2.24, 2.45) is 0 Å². The topological polar surface area (TPSA) is 32.3 Å². The molecule has 1 aromatic carbocycles. The van der Waals surface area contributed by atoms with Gasteiger partial charge in [0.2, 0.25) is 5.91 Å². The first-order valence-electron chi connectivity index (χ1n) is 7.97. The van der Waals surface area contributed by atoms with Crippen LogP contribution >= 0.6 is 23.1 Å². The number of anilines is 1. The molecule has 0 spiro atoms. The van der Waals surface area contributed by atoms with Crippen molar-refractivity contribution in [2.75, 3.05) is 24.7 Å². The van der Waals surface area contributed by atoms with Crippen molar-refractivity contribution in [3.8, 4) is 0 Å². The van der Waals surface area contributed by atoms with E-state index < -0.39 is 0 Å². The van der Waals surface area contributed by atoms with Crippen LogP contribution in [-0.4, -0.2) is 30.2 Å². The van der Waals surface area contributed by atoms with Gasteiger partial charge < -0.3 is 5.32 Å². The number of hydrogen-bond acceptors (Lipinski definition) is 4. The van der Waals surface area contributed by atoms with Crippen molar-refractivity contribution < 1.29 is 4.79 Å². The fourth-order valence-electron chi connectivity index (χ4n) is 3.14. The van der Waals surface area contributed by atoms with Gasteiger partial charge in [0.05, 0.1) is 5.69 Å². The molecule has 1 unspecified atom stereocenters. The van der Waals surface area contributed by atoms with E-state index in [0.29, 0.717) is 12.5 Å². The van der Waals surface area contributed by atoms with E-state index in [0.717, 1.165) is 23.7 Å². The predicted octanol–water partition coefficient (Wildman–Crippen LogP) is 4.64. The SMILES string of the molecule is CSc1ccccc1NC(=O)CCN1CCCC1c1ccsc1. The quantitative estimate of drug-likeness (QED) is 0.774. The molecule has 1 fully saturated rings. The van der Waals surface area contributed by atoms with Crippen LogP contribution in [0.3, 0.4) is 0 Å². The lowest BCUT2D eigenvalue weighted by Crippen LogP contribution is -2.27. The Bertz CT molecular complexity index is 642. The number of amides is 1. The number of benzene rings is 1. The molecular weight excluding hydrogens is 324 g/mol. The third-order valence-electron chi connectivity index (χ3n) is 4.30. The molecule has 0 aliphatic carbocycles. The Morgan fingerprint density at radius 1 is 1.39 bits per heavy atom. The molecule has 0 saturated carbocycles. The van der Waals surface area contributed by atoms with Gasteiger partial charge in [-0.05, 0) is 60.2 Å². The van der Waals surface area contributed by atoms with Crippen molar-refractivity contribution in [3.05, 3.63) is 46.7 Å². The van der Waals surface area contributed by atoms with E-state index in [1.54, 1.807) is 23.1 Å². The maximum Gasteiger partial charge on any atom is 0.225 e. The predicted molar refractivity (Wildman–Crippen MR) is 99.3 cm³/mol. The van der Waals surface area contributed by atoms with Crippen LogP contribution in [0.25, 0.3) is 0 Å². The number of rotatable bonds is 6. The summed E-state index contributed by atoms with van der Waals surface area (Å²) in [5.41, 5.74) is 2.32. The third kappa shape index (κ3) is 4.16. The summed E-state index contributed by atoms with van der Waals surface area (Å²) in [6.45, 7) is 1.92. The largest absolute Gasteiger partial charge is 0.325 e. The standard InChI is InChI=1S/C18H22N2OS2/c1-22-17-7-3-2-5-15(17)19-18(21)8-11-20-10-4-6-16(20)14-9-12-23-13-14/h2-3,5,7,9,12-13,16H,4,6,8,10-11H2,1H3,(H,19,21). The number of thioether (sulfide) groups is 1. The Morgan fingerprint density at radius 3 is 3.04 bits per heavy atom. The first-order valence-corrected chi connectivity index (χ1v) is 10.1. The summed E-state index contributed by atoms with van der Waals surface area (Å²) >= 11 is 3.41. The molecule has 23 heavy (non-hydrogen) atoms. The van der Waals surface area contributed by atoms with Crippen molar-refractivity contribution in [3.63, 3.8) is 0 Å². The molecule has 0 bridgehead atoms. The first kappa shape index (κ1) is 16.6. The number of hydrogen-bond donors (Lipinski definition) is 1. The number of carbonyl (C=O) groups excluding carboxylic acids is 1. The number of thiophene rings is 1. The lowest BCUT2D eigenvalue weighted by atomic mass is 10.1. The van der Waals surface area contributed by atoms with Crippen LogP contribution in [-0.2, 0) is 4.79 Å². The maximum absolute atomic E-state index is 12.3. The van der Waals surface area contributed by atoms with Crippen molar-refractivity contribution in [1.82, 2.24) is 4.90 Å². The lowest BCUT2D eigenvalue weighted by molar-refractivity contribution is -0.116. The van der Waals surface area contributed by atoms with Crippen LogP contribution in [0.2, 0.25) is 0 Å². The second-order valence-electron chi connectivity index (χ2n) is 5.75. The first-order chi connectivity index (χ1) is 11.3. The molecule has 1 saturated heterocycles. The highest BCUT2D eigenvalue weighted by molar-refractivity contribution is 7.98. The Balaban J connectivity index is 1.54. The molecule has 2 aromatic rings. The highest BCUT2D eigenvalue weighted by atomic mass is 32.2. The van der Waals surface area contributed by atoms with Gasteiger partial charge in [-0.15, -0.1) is 11.8 Å². The molecule has 122 valence electrons. The number of nitrogens with zero attached hydrogens (tertiary/aromatic N) is 1. The number of carbonyl (C=O) groups is 1. The highest BCUT2D eigenvalue weighted by Crippen LogP contribution is 2.33. The zero-order valence-electron chi connectivity index (χ0n) is 13.3. The maximum atomic E-state index is 12.3. The fraction of sp³-hybridized carbons (Fsp3) is 0.389. The molecule has 1 aliphatic rings. The molecular formula is C18H22N2OS2. The zero-order chi connectivity index (χ0) is 16.1. The molecule has 2 heterocycles. The van der Waals surface area contributed by atoms with Crippen molar-refractivity contribution in [2.45, 2.75) is 30.2 Å². The molecule has 1 atom stereocenters. The fourth-order valence-corrected chi connectivity index (χ4v) is 4.40. The van der Waals surface area contributed by atoms with E-state index in [1.807, 2.05) is 30.5 Å². The smallest absolute Gasteiger partial charge is 0.225 e. The van der Waals surface area contributed by atoms with Crippen LogP contribution in [0.4, 0.5) is 5.69 Å². The minimum absolute atomic E-state index is 0.0995. The third-order valence-corrected chi connectivity index (χ3v) is 5.80. The highest BCUT2D eigenvalue weighted by Gasteiger charge is 2.26. The van der Waals surface area contributed by atoms with Crippen molar-refractivity contribution >= 4 is 34.7 Å². The summed E-state index contributed by atoms with van der Waals surface area (Å²) in [5.74, 6) is 0.0995. The minimum atomic E-state index is 0.0995. The number of nitrogens with one attached hydrogen (secondary N) is 1. The van der Waals surface area contributed by atoms with Gasteiger partial charge in [0.15, 0.2) is 0 Å². The van der Waals surface area contributed by atoms with E-state index in [9.17, 15) is 4.79 Å². The molecule has 1 N–H and O–H groups in total. The summed E-state index contributed by atoms with van der Waals surface area (Å²) in [6, 6.07) is 10.7. The summed E-state index contributed by atoms with van der Waals surface area (Å²) in [5, 5.41) is 7.42. The number of likely N-dealkylation sites (tertiary alicyclic amines) is 1. The van der Waals surface area contributed by atoms with Gasteiger partial charge in [-0.1, -0.05) is 12.1 Å². The van der Waals surface area contributed by atoms with Gasteiger partial charge in [-0.2, -0.15) is 11.3 Å². The molecule has 3 nitrogen and oxygen atoms in total. The summed E-state index contributed by atoms with van der Waals surface area (Å²) in [4.78, 5) is 15.8. The lowest BCUT2D eigenvalue weighted by Gasteiger charge is -2.23. The van der Waals surface area contributed by atoms with Gasteiger partial charge in [0.25, 0.3) is 0 Å². The molecule has 1 amide bonds. The Morgan fingerprint density at radius 2 is 2.26 bits per heavy atom. The van der Waals surface area contributed by atoms with Crippen LogP contribution in [0.1, 0.15) is 30.9 Å². The molecule has 1 aromatic heterocycles. The van der Waals surface area contributed by atoms with E-state index in [1.165, 1.54) is 18.4 Å². The Hall–Kier alpha value is -1.30. The average molecular weight is 347 g/mol. The van der Waals surface area contributed by atoms with Crippen LogP contribution in [0.5, 0.6) is 0 Å². The summed E-state index contributed by atoms with van der Waals surface area (Å²) < 4.78 is 0. The minimum Gasteiger partial charge on any atom is -0.325 e. The normalized spacial score (nSPS) is 18.2. The molecule has 5 heteroatoms. The number of para-hydroxylation sites is 1. The Labute approximate surface area is 146 Å². The Kier molecular flexibility index (Phi) is 5.75. The van der Waals surface area contributed by atoms with Crippen LogP contribution in [0.15, 0.2) is 46.0 Å². The monoisotopic (exact) mass is 346 g/mol. The van der Waals surface area contributed by atoms with E-state index in [4.69, 9.17) is 0 Å². The molecule has 0 radical (unpaired) electrons. The summed E-state index contributed by atoms with van der Waals surface area (Å²) in [7, 11) is 0. The average Bonchev–Trinajstić information content (AvgIpc) is 3.24. The molecule has 3 rings (SSSR count). The van der Waals surface area contributed by atoms with Crippen LogP contribution in [0, 0.1) is 0 Å². The van der Waals surface area contributed by atoms with Gasteiger partial charge in [-0.3, -0.25) is 9.69 Å². The van der Waals surface area contributed by atoms with Crippen LogP contribution < -0.4 is 5.32 Å². The van der Waals surface area contributed by atoms with Gasteiger partial charge >= 0.3 is 0 Å². The molecule has 1 aliphatic heterocycles. The second kappa shape index (κ2) is 7.99. The van der Waals surface area contributed by atoms with Gasteiger partial charge in [0.1, 0.15) is 0 Å². The van der Waals surface area contributed by atoms with E-state index in [-0.39, 0.29) is 5.91 Å². The summed E-state index contributed by atoms with van der Waals surface area (Å²) in [6.07, 6.45) is 5.00. The van der Waals surface area contributed by atoms with Gasteiger partial charge in [0, 0.05) is 23.9 Å². The second-order valence-corrected chi connectivity index (χ2v) is 7.38. The van der Waals surface area contributed by atoms with Crippen molar-refractivity contribution in [1.29, 1.82) is 0 Å². The zero-order valence-corrected chi connectivity index (χ0v) is 15.0.